The lowest BCUT2D eigenvalue weighted by atomic mass is 10.3. The maximum atomic E-state index is 12.5. The number of fused-ring (bicyclic) bond motifs is 1. The number of imidazole rings is 1. The Bertz CT molecular complexity index is 513. The second-order valence-electron chi connectivity index (χ2n) is 3.70. The fourth-order valence-corrected chi connectivity index (χ4v) is 2.56. The van der Waals surface area contributed by atoms with Crippen LogP contribution in [0.4, 0.5) is 14.6 Å². The van der Waals surface area contributed by atoms with Crippen molar-refractivity contribution >= 4 is 22.1 Å². The first kappa shape index (κ1) is 13.2. The van der Waals surface area contributed by atoms with E-state index in [1.165, 1.54) is 16.2 Å². The number of aliphatic hydroxyl groups is 1. The van der Waals surface area contributed by atoms with Crippen molar-refractivity contribution in [1.82, 2.24) is 9.38 Å². The molecule has 0 fully saturated rings. The normalized spacial score (nSPS) is 11.6. The highest BCUT2D eigenvalue weighted by Crippen LogP contribution is 2.24. The highest BCUT2D eigenvalue weighted by molar-refractivity contribution is 7.15. The smallest absolute Gasteiger partial charge is 0.255 e. The Morgan fingerprint density at radius 3 is 2.94 bits per heavy atom. The summed E-state index contributed by atoms with van der Waals surface area (Å²) >= 11 is 1.41. The SMILES string of the molecule is NCc1c(N(CCO)CC(F)F)nc2sccn12. The van der Waals surface area contributed by atoms with Crippen molar-refractivity contribution in [3.63, 3.8) is 0 Å². The largest absolute Gasteiger partial charge is 0.395 e. The Hall–Kier alpha value is -1.25. The van der Waals surface area contributed by atoms with Crippen molar-refractivity contribution < 1.29 is 13.9 Å². The molecule has 0 saturated heterocycles. The van der Waals surface area contributed by atoms with Crippen molar-refractivity contribution in [1.29, 1.82) is 0 Å². The van der Waals surface area contributed by atoms with E-state index < -0.39 is 13.0 Å². The highest BCUT2D eigenvalue weighted by atomic mass is 32.1. The fraction of sp³-hybridized carbons (Fsp3) is 0.500. The molecule has 0 bridgehead atoms. The lowest BCUT2D eigenvalue weighted by molar-refractivity contribution is 0.152. The van der Waals surface area contributed by atoms with Gasteiger partial charge in [0.1, 0.15) is 0 Å². The molecule has 100 valence electrons. The van der Waals surface area contributed by atoms with Gasteiger partial charge in [-0.15, -0.1) is 11.3 Å². The van der Waals surface area contributed by atoms with Gasteiger partial charge in [0.2, 0.25) is 0 Å². The number of halogens is 2. The second-order valence-corrected chi connectivity index (χ2v) is 4.58. The van der Waals surface area contributed by atoms with Gasteiger partial charge in [0.05, 0.1) is 18.8 Å². The summed E-state index contributed by atoms with van der Waals surface area (Å²) in [6.07, 6.45) is -0.681. The summed E-state index contributed by atoms with van der Waals surface area (Å²) in [5.41, 5.74) is 6.33. The Balaban J connectivity index is 2.38. The van der Waals surface area contributed by atoms with Crippen molar-refractivity contribution in [3.05, 3.63) is 17.3 Å². The second kappa shape index (κ2) is 5.59. The molecule has 0 aromatic carbocycles. The first-order valence-electron chi connectivity index (χ1n) is 5.45. The van der Waals surface area contributed by atoms with Crippen molar-refractivity contribution in [2.75, 3.05) is 24.6 Å². The summed E-state index contributed by atoms with van der Waals surface area (Å²) in [5.74, 6) is 0.429. The molecule has 0 radical (unpaired) electrons. The maximum Gasteiger partial charge on any atom is 0.255 e. The summed E-state index contributed by atoms with van der Waals surface area (Å²) in [5, 5.41) is 10.8. The average Bonchev–Trinajstić information content (AvgIpc) is 2.86. The van der Waals surface area contributed by atoms with E-state index in [0.717, 1.165) is 0 Å². The molecule has 3 N–H and O–H groups in total. The number of aromatic nitrogens is 2. The molecular formula is C10H14F2N4OS. The molecular weight excluding hydrogens is 262 g/mol. The fourth-order valence-electron chi connectivity index (χ4n) is 1.84. The molecule has 0 unspecified atom stereocenters. The number of hydrogen-bond donors (Lipinski definition) is 2. The van der Waals surface area contributed by atoms with Gasteiger partial charge in [-0.3, -0.25) is 4.40 Å². The van der Waals surface area contributed by atoms with Gasteiger partial charge >= 0.3 is 0 Å². The highest BCUT2D eigenvalue weighted by Gasteiger charge is 2.20. The predicted octanol–water partition coefficient (Wildman–Crippen LogP) is 0.918. The molecule has 18 heavy (non-hydrogen) atoms. The lowest BCUT2D eigenvalue weighted by Crippen LogP contribution is -2.33. The molecule has 2 rings (SSSR count). The first-order valence-corrected chi connectivity index (χ1v) is 6.33. The van der Waals surface area contributed by atoms with Gasteiger partial charge in [-0.2, -0.15) is 0 Å². The van der Waals surface area contributed by atoms with Crippen LogP contribution in [0.5, 0.6) is 0 Å². The van der Waals surface area contributed by atoms with Crippen LogP contribution in [-0.4, -0.2) is 40.6 Å². The lowest BCUT2D eigenvalue weighted by Gasteiger charge is -2.22. The van der Waals surface area contributed by atoms with Crippen molar-refractivity contribution in [3.8, 4) is 0 Å². The molecule has 0 spiro atoms. The van der Waals surface area contributed by atoms with Gasteiger partial charge in [-0.25, -0.2) is 13.8 Å². The third kappa shape index (κ3) is 2.45. The van der Waals surface area contributed by atoms with Crippen LogP contribution < -0.4 is 10.6 Å². The average molecular weight is 276 g/mol. The van der Waals surface area contributed by atoms with E-state index in [1.807, 2.05) is 5.38 Å². The van der Waals surface area contributed by atoms with Gasteiger partial charge in [0.25, 0.3) is 6.43 Å². The number of rotatable bonds is 6. The molecule has 0 aliphatic carbocycles. The molecule has 8 heteroatoms. The van der Waals surface area contributed by atoms with Gasteiger partial charge in [-0.1, -0.05) is 0 Å². The number of nitrogens with zero attached hydrogens (tertiary/aromatic N) is 3. The number of hydrogen-bond acceptors (Lipinski definition) is 5. The van der Waals surface area contributed by atoms with Crippen LogP contribution in [-0.2, 0) is 6.54 Å². The Morgan fingerprint density at radius 1 is 1.56 bits per heavy atom. The number of nitrogens with two attached hydrogens (primary N) is 1. The van der Waals surface area contributed by atoms with Gasteiger partial charge < -0.3 is 15.7 Å². The van der Waals surface area contributed by atoms with Gasteiger partial charge in [-0.05, 0) is 0 Å². The molecule has 0 amide bonds. The monoisotopic (exact) mass is 276 g/mol. The summed E-state index contributed by atoms with van der Waals surface area (Å²) in [6.45, 7) is -0.346. The van der Waals surface area contributed by atoms with E-state index in [4.69, 9.17) is 10.8 Å². The molecule has 0 atom stereocenters. The van der Waals surface area contributed by atoms with Crippen LogP contribution in [0, 0.1) is 0 Å². The minimum Gasteiger partial charge on any atom is -0.395 e. The number of aliphatic hydroxyl groups excluding tert-OH is 1. The van der Waals surface area contributed by atoms with E-state index in [1.54, 1.807) is 10.6 Å². The third-order valence-electron chi connectivity index (χ3n) is 2.56. The number of thiazole rings is 1. The van der Waals surface area contributed by atoms with Gasteiger partial charge in [0.15, 0.2) is 10.8 Å². The standard InChI is InChI=1S/C10H14F2N4OS/c11-8(12)6-15(1-3-17)9-7(5-13)16-2-4-18-10(16)14-9/h2,4,8,17H,1,3,5-6,13H2. The molecule has 0 aliphatic rings. The topological polar surface area (TPSA) is 66.8 Å². The van der Waals surface area contributed by atoms with Crippen LogP contribution in [0.1, 0.15) is 5.69 Å². The summed E-state index contributed by atoms with van der Waals surface area (Å²) < 4.78 is 26.8. The Morgan fingerprint density at radius 2 is 2.33 bits per heavy atom. The molecule has 2 aromatic rings. The minimum absolute atomic E-state index is 0.113. The molecule has 0 aliphatic heterocycles. The zero-order valence-electron chi connectivity index (χ0n) is 9.59. The summed E-state index contributed by atoms with van der Waals surface area (Å²) in [7, 11) is 0. The predicted molar refractivity (Wildman–Crippen MR) is 66.3 cm³/mol. The van der Waals surface area contributed by atoms with Crippen LogP contribution in [0.25, 0.3) is 4.96 Å². The molecule has 2 heterocycles. The Kier molecular flexibility index (Phi) is 4.10. The Labute approximate surface area is 106 Å². The van der Waals surface area contributed by atoms with E-state index >= 15 is 0 Å². The van der Waals surface area contributed by atoms with E-state index in [0.29, 0.717) is 16.5 Å². The first-order chi connectivity index (χ1) is 8.67. The zero-order valence-corrected chi connectivity index (χ0v) is 10.4. The quantitative estimate of drug-likeness (QED) is 0.823. The third-order valence-corrected chi connectivity index (χ3v) is 3.32. The molecule has 5 nitrogen and oxygen atoms in total. The van der Waals surface area contributed by atoms with Crippen molar-refractivity contribution in [2.24, 2.45) is 5.73 Å². The van der Waals surface area contributed by atoms with Crippen LogP contribution in [0.2, 0.25) is 0 Å². The molecule has 0 saturated carbocycles. The van der Waals surface area contributed by atoms with Crippen LogP contribution >= 0.6 is 11.3 Å². The number of alkyl halides is 2. The molecule has 2 aromatic heterocycles. The van der Waals surface area contributed by atoms with E-state index in [9.17, 15) is 8.78 Å². The number of anilines is 1. The zero-order chi connectivity index (χ0) is 13.1. The van der Waals surface area contributed by atoms with E-state index in [-0.39, 0.29) is 19.7 Å². The summed E-state index contributed by atoms with van der Waals surface area (Å²) in [4.78, 5) is 6.38. The minimum atomic E-state index is -2.48. The van der Waals surface area contributed by atoms with Crippen molar-refractivity contribution in [2.45, 2.75) is 13.0 Å². The van der Waals surface area contributed by atoms with Crippen LogP contribution in [0.3, 0.4) is 0 Å². The van der Waals surface area contributed by atoms with Crippen LogP contribution in [0.15, 0.2) is 11.6 Å². The summed E-state index contributed by atoms with van der Waals surface area (Å²) in [6, 6.07) is 0. The van der Waals surface area contributed by atoms with E-state index in [2.05, 4.69) is 4.98 Å². The van der Waals surface area contributed by atoms with Gasteiger partial charge in [0, 0.05) is 24.7 Å². The maximum absolute atomic E-state index is 12.5.